The summed E-state index contributed by atoms with van der Waals surface area (Å²) < 4.78 is 12.6. The summed E-state index contributed by atoms with van der Waals surface area (Å²) in [6.07, 6.45) is 6.71. The fraction of sp³-hybridized carbons (Fsp3) is 0.579. The van der Waals surface area contributed by atoms with Gasteiger partial charge < -0.3 is 9.26 Å². The van der Waals surface area contributed by atoms with E-state index in [2.05, 4.69) is 25.4 Å². The van der Waals surface area contributed by atoms with Crippen LogP contribution in [-0.2, 0) is 19.4 Å². The zero-order valence-electron chi connectivity index (χ0n) is 15.6. The van der Waals surface area contributed by atoms with Crippen LogP contribution in [0.1, 0.15) is 54.4 Å². The van der Waals surface area contributed by atoms with E-state index < -0.39 is 0 Å². The van der Waals surface area contributed by atoms with Crippen molar-refractivity contribution in [3.63, 3.8) is 0 Å². The van der Waals surface area contributed by atoms with E-state index in [0.717, 1.165) is 68.2 Å². The molecule has 8 nitrogen and oxygen atoms in total. The van der Waals surface area contributed by atoms with Gasteiger partial charge in [0.25, 0.3) is 0 Å². The molecule has 3 aromatic rings. The van der Waals surface area contributed by atoms with Crippen LogP contribution in [0.25, 0.3) is 5.65 Å². The van der Waals surface area contributed by atoms with Crippen LogP contribution < -0.4 is 4.74 Å². The van der Waals surface area contributed by atoms with E-state index in [4.69, 9.17) is 9.26 Å². The third-order valence-corrected chi connectivity index (χ3v) is 5.83. The lowest BCUT2D eigenvalue weighted by molar-refractivity contribution is 0.195. The number of fused-ring (bicyclic) bond motifs is 2. The molecule has 8 heteroatoms. The molecule has 0 unspecified atom stereocenters. The number of likely N-dealkylation sites (tertiary alicyclic amines) is 1. The minimum Gasteiger partial charge on any atom is -0.480 e. The molecule has 0 bridgehead atoms. The Morgan fingerprint density at radius 2 is 2.00 bits per heavy atom. The Hall–Kier alpha value is -2.48. The molecular formula is C19H24N6O2. The molecule has 0 saturated carbocycles. The third kappa shape index (κ3) is 3.07. The SMILES string of the molecule is COc1ccc2nnc(C3CCN(Cc4noc5c4CCCC5)CC3)n2n1. The third-order valence-electron chi connectivity index (χ3n) is 5.83. The van der Waals surface area contributed by atoms with E-state index >= 15 is 0 Å². The summed E-state index contributed by atoms with van der Waals surface area (Å²) in [6.45, 7) is 2.93. The quantitative estimate of drug-likeness (QED) is 0.699. The smallest absolute Gasteiger partial charge is 0.231 e. The van der Waals surface area contributed by atoms with E-state index in [0.29, 0.717) is 11.8 Å². The fourth-order valence-corrected chi connectivity index (χ4v) is 4.29. The fourth-order valence-electron chi connectivity index (χ4n) is 4.29. The largest absolute Gasteiger partial charge is 0.480 e. The summed E-state index contributed by atoms with van der Waals surface area (Å²) in [5.41, 5.74) is 3.27. The summed E-state index contributed by atoms with van der Waals surface area (Å²) >= 11 is 0. The van der Waals surface area contributed by atoms with Gasteiger partial charge in [0.1, 0.15) is 11.5 Å². The maximum atomic E-state index is 5.56. The number of methoxy groups -OCH3 is 1. The molecule has 1 aliphatic heterocycles. The lowest BCUT2D eigenvalue weighted by atomic mass is 9.94. The van der Waals surface area contributed by atoms with Gasteiger partial charge in [-0.1, -0.05) is 5.16 Å². The molecule has 0 aromatic carbocycles. The number of nitrogens with zero attached hydrogens (tertiary/aromatic N) is 6. The minimum atomic E-state index is 0.363. The van der Waals surface area contributed by atoms with Crippen molar-refractivity contribution in [2.24, 2.45) is 0 Å². The van der Waals surface area contributed by atoms with Crippen LogP contribution >= 0.6 is 0 Å². The second-order valence-electron chi connectivity index (χ2n) is 7.49. The Morgan fingerprint density at radius 3 is 2.85 bits per heavy atom. The van der Waals surface area contributed by atoms with Gasteiger partial charge in [-0.3, -0.25) is 4.90 Å². The van der Waals surface area contributed by atoms with E-state index in [1.165, 1.54) is 18.4 Å². The predicted octanol–water partition coefficient (Wildman–Crippen LogP) is 2.38. The zero-order valence-corrected chi connectivity index (χ0v) is 15.6. The van der Waals surface area contributed by atoms with Crippen LogP contribution in [0.15, 0.2) is 16.7 Å². The van der Waals surface area contributed by atoms with Crippen molar-refractivity contribution >= 4 is 5.65 Å². The monoisotopic (exact) mass is 368 g/mol. The number of aryl methyl sites for hydroxylation is 1. The number of rotatable bonds is 4. The maximum absolute atomic E-state index is 5.56. The van der Waals surface area contributed by atoms with E-state index in [-0.39, 0.29) is 0 Å². The Labute approximate surface area is 157 Å². The first-order valence-electron chi connectivity index (χ1n) is 9.77. The number of piperidine rings is 1. The lowest BCUT2D eigenvalue weighted by Crippen LogP contribution is -2.33. The van der Waals surface area contributed by atoms with Crippen molar-refractivity contribution in [3.8, 4) is 5.88 Å². The molecule has 1 aliphatic carbocycles. The highest BCUT2D eigenvalue weighted by atomic mass is 16.5. The number of ether oxygens (including phenoxy) is 1. The average Bonchev–Trinajstić information content (AvgIpc) is 3.32. The second kappa shape index (κ2) is 6.92. The Morgan fingerprint density at radius 1 is 1.15 bits per heavy atom. The summed E-state index contributed by atoms with van der Waals surface area (Å²) in [7, 11) is 1.62. The summed E-state index contributed by atoms with van der Waals surface area (Å²) in [6, 6.07) is 3.71. The van der Waals surface area contributed by atoms with Gasteiger partial charge in [0, 0.05) is 30.5 Å². The normalized spacial score (nSPS) is 18.7. The molecule has 5 rings (SSSR count). The number of hydrogen-bond acceptors (Lipinski definition) is 7. The molecule has 1 saturated heterocycles. The van der Waals surface area contributed by atoms with Crippen molar-refractivity contribution in [1.82, 2.24) is 29.9 Å². The van der Waals surface area contributed by atoms with Gasteiger partial charge in [0.2, 0.25) is 5.88 Å². The van der Waals surface area contributed by atoms with Crippen LogP contribution in [0.2, 0.25) is 0 Å². The molecule has 0 spiro atoms. The first-order valence-corrected chi connectivity index (χ1v) is 9.77. The first kappa shape index (κ1) is 16.7. The number of aromatic nitrogens is 5. The van der Waals surface area contributed by atoms with Crippen molar-refractivity contribution in [2.75, 3.05) is 20.2 Å². The Bertz CT molecular complexity index is 941. The number of hydrogen-bond donors (Lipinski definition) is 0. The molecule has 2 aliphatic rings. The predicted molar refractivity (Wildman–Crippen MR) is 97.7 cm³/mol. The van der Waals surface area contributed by atoms with Crippen LogP contribution in [-0.4, -0.2) is 50.1 Å². The van der Waals surface area contributed by atoms with Crippen LogP contribution in [0.4, 0.5) is 0 Å². The lowest BCUT2D eigenvalue weighted by Gasteiger charge is -2.30. The molecule has 1 fully saturated rings. The zero-order chi connectivity index (χ0) is 18.2. The van der Waals surface area contributed by atoms with Gasteiger partial charge in [-0.25, -0.2) is 0 Å². The molecule has 0 N–H and O–H groups in total. The van der Waals surface area contributed by atoms with Gasteiger partial charge >= 0.3 is 0 Å². The van der Waals surface area contributed by atoms with E-state index in [9.17, 15) is 0 Å². The van der Waals surface area contributed by atoms with E-state index in [1.54, 1.807) is 7.11 Å². The highest BCUT2D eigenvalue weighted by Gasteiger charge is 2.27. The highest BCUT2D eigenvalue weighted by Crippen LogP contribution is 2.30. The highest BCUT2D eigenvalue weighted by molar-refractivity contribution is 5.38. The van der Waals surface area contributed by atoms with Crippen molar-refractivity contribution in [1.29, 1.82) is 0 Å². The van der Waals surface area contributed by atoms with Crippen molar-refractivity contribution in [2.45, 2.75) is 51.0 Å². The van der Waals surface area contributed by atoms with E-state index in [1.807, 2.05) is 16.6 Å². The van der Waals surface area contributed by atoms with Gasteiger partial charge in [0.05, 0.1) is 7.11 Å². The average molecular weight is 368 g/mol. The molecular weight excluding hydrogens is 344 g/mol. The molecule has 27 heavy (non-hydrogen) atoms. The molecule has 4 heterocycles. The second-order valence-corrected chi connectivity index (χ2v) is 7.49. The van der Waals surface area contributed by atoms with Crippen LogP contribution in [0.5, 0.6) is 5.88 Å². The van der Waals surface area contributed by atoms with Crippen LogP contribution in [0, 0.1) is 0 Å². The Kier molecular flexibility index (Phi) is 4.27. The first-order chi connectivity index (χ1) is 13.3. The van der Waals surface area contributed by atoms with Crippen molar-refractivity contribution in [3.05, 3.63) is 35.0 Å². The van der Waals surface area contributed by atoms with Gasteiger partial charge in [0.15, 0.2) is 11.5 Å². The topological polar surface area (TPSA) is 81.6 Å². The van der Waals surface area contributed by atoms with Crippen LogP contribution in [0.3, 0.4) is 0 Å². The molecule has 0 radical (unpaired) electrons. The molecule has 3 aromatic heterocycles. The molecule has 142 valence electrons. The van der Waals surface area contributed by atoms with Gasteiger partial charge in [-0.2, -0.15) is 4.52 Å². The minimum absolute atomic E-state index is 0.363. The Balaban J connectivity index is 1.27. The summed E-state index contributed by atoms with van der Waals surface area (Å²) in [4.78, 5) is 2.47. The van der Waals surface area contributed by atoms with Crippen molar-refractivity contribution < 1.29 is 9.26 Å². The molecule has 0 atom stereocenters. The standard InChI is InChI=1S/C19H24N6O2/c1-26-18-7-6-17-20-21-19(25(17)22-18)13-8-10-24(11-9-13)12-15-14-4-2-3-5-16(14)27-23-15/h6-7,13H,2-5,8-12H2,1H3. The maximum Gasteiger partial charge on any atom is 0.231 e. The summed E-state index contributed by atoms with van der Waals surface area (Å²) in [5, 5.41) is 17.5. The van der Waals surface area contributed by atoms with Gasteiger partial charge in [-0.05, 0) is 51.3 Å². The molecule has 0 amide bonds. The summed E-state index contributed by atoms with van der Waals surface area (Å²) in [5.74, 6) is 2.99. The van der Waals surface area contributed by atoms with Gasteiger partial charge in [-0.15, -0.1) is 15.3 Å².